The molecule has 0 saturated heterocycles. The summed E-state index contributed by atoms with van der Waals surface area (Å²) in [5.74, 6) is 1.91. The van der Waals surface area contributed by atoms with Crippen LogP contribution in [-0.4, -0.2) is 13.1 Å². The molecule has 0 heterocycles. The lowest BCUT2D eigenvalue weighted by Gasteiger charge is -2.37. The smallest absolute Gasteiger partial charge is 0.000783 e. The first-order valence-corrected chi connectivity index (χ1v) is 8.16. The molecular formula is C17H33N. The van der Waals surface area contributed by atoms with E-state index < -0.39 is 0 Å². The highest BCUT2D eigenvalue weighted by Gasteiger charge is 2.40. The van der Waals surface area contributed by atoms with Crippen molar-refractivity contribution in [2.45, 2.75) is 72.6 Å². The predicted octanol–water partition coefficient (Wildman–Crippen LogP) is 4.62. The average Bonchev–Trinajstić information content (AvgIpc) is 3.09. The fraction of sp³-hybridized carbons (Fsp3) is 1.00. The topological polar surface area (TPSA) is 12.0 Å². The highest BCUT2D eigenvalue weighted by molar-refractivity contribution is 4.93. The van der Waals surface area contributed by atoms with Crippen molar-refractivity contribution in [1.82, 2.24) is 5.32 Å². The van der Waals surface area contributed by atoms with Crippen molar-refractivity contribution in [3.05, 3.63) is 0 Å². The van der Waals surface area contributed by atoms with E-state index in [1.165, 1.54) is 58.0 Å². The van der Waals surface area contributed by atoms with Crippen LogP contribution in [0.25, 0.3) is 0 Å². The van der Waals surface area contributed by atoms with Crippen LogP contribution in [0.15, 0.2) is 0 Å². The first kappa shape index (κ1) is 14.4. The Morgan fingerprint density at radius 3 is 2.11 bits per heavy atom. The molecule has 0 atom stereocenters. The Morgan fingerprint density at radius 1 is 1.06 bits per heavy atom. The van der Waals surface area contributed by atoms with Gasteiger partial charge in [-0.2, -0.15) is 0 Å². The lowest BCUT2D eigenvalue weighted by molar-refractivity contribution is 0.148. The summed E-state index contributed by atoms with van der Waals surface area (Å²) < 4.78 is 0. The van der Waals surface area contributed by atoms with Gasteiger partial charge in [0.2, 0.25) is 0 Å². The molecule has 2 aliphatic carbocycles. The van der Waals surface area contributed by atoms with Gasteiger partial charge in [-0.15, -0.1) is 0 Å². The van der Waals surface area contributed by atoms with Gasteiger partial charge in [-0.3, -0.25) is 0 Å². The summed E-state index contributed by atoms with van der Waals surface area (Å²) in [6.45, 7) is 12.1. The maximum atomic E-state index is 3.76. The zero-order valence-electron chi connectivity index (χ0n) is 13.0. The summed E-state index contributed by atoms with van der Waals surface area (Å²) in [5, 5.41) is 3.76. The second-order valence-electron chi connectivity index (χ2n) is 8.07. The molecule has 0 aliphatic heterocycles. The van der Waals surface area contributed by atoms with E-state index in [1.807, 2.05) is 0 Å². The molecule has 2 fully saturated rings. The Labute approximate surface area is 114 Å². The summed E-state index contributed by atoms with van der Waals surface area (Å²) in [6.07, 6.45) is 10.1. The maximum absolute atomic E-state index is 3.76. The third kappa shape index (κ3) is 3.73. The van der Waals surface area contributed by atoms with Crippen LogP contribution in [0.4, 0.5) is 0 Å². The monoisotopic (exact) mass is 251 g/mol. The fourth-order valence-corrected chi connectivity index (χ4v) is 3.61. The highest BCUT2D eigenvalue weighted by atomic mass is 14.9. The van der Waals surface area contributed by atoms with E-state index in [-0.39, 0.29) is 0 Å². The van der Waals surface area contributed by atoms with Crippen LogP contribution in [0, 0.1) is 22.7 Å². The summed E-state index contributed by atoms with van der Waals surface area (Å²) in [4.78, 5) is 0. The SMILES string of the molecule is CCC1(CNCC2CCC(C(C)(C)C)CC2)CC1. The van der Waals surface area contributed by atoms with Crippen LogP contribution in [0.5, 0.6) is 0 Å². The van der Waals surface area contributed by atoms with Gasteiger partial charge in [0.15, 0.2) is 0 Å². The molecule has 2 rings (SSSR count). The van der Waals surface area contributed by atoms with E-state index in [4.69, 9.17) is 0 Å². The molecule has 106 valence electrons. The van der Waals surface area contributed by atoms with Crippen molar-refractivity contribution in [1.29, 1.82) is 0 Å². The molecule has 1 N–H and O–H groups in total. The average molecular weight is 251 g/mol. The molecule has 0 radical (unpaired) electrons. The van der Waals surface area contributed by atoms with E-state index >= 15 is 0 Å². The molecular weight excluding hydrogens is 218 g/mol. The van der Waals surface area contributed by atoms with Gasteiger partial charge in [-0.05, 0) is 74.2 Å². The minimum atomic E-state index is 0.526. The predicted molar refractivity (Wildman–Crippen MR) is 79.7 cm³/mol. The first-order valence-electron chi connectivity index (χ1n) is 8.16. The number of rotatable bonds is 5. The van der Waals surface area contributed by atoms with Crippen LogP contribution < -0.4 is 5.32 Å². The van der Waals surface area contributed by atoms with Crippen molar-refractivity contribution >= 4 is 0 Å². The van der Waals surface area contributed by atoms with Crippen LogP contribution >= 0.6 is 0 Å². The van der Waals surface area contributed by atoms with E-state index in [9.17, 15) is 0 Å². The lowest BCUT2D eigenvalue weighted by atomic mass is 9.70. The Hall–Kier alpha value is -0.0400. The second kappa shape index (κ2) is 5.53. The summed E-state index contributed by atoms with van der Waals surface area (Å²) in [5.41, 5.74) is 1.24. The third-order valence-corrected chi connectivity index (χ3v) is 5.71. The van der Waals surface area contributed by atoms with Crippen LogP contribution in [0.1, 0.15) is 72.6 Å². The van der Waals surface area contributed by atoms with Crippen LogP contribution in [-0.2, 0) is 0 Å². The van der Waals surface area contributed by atoms with Gasteiger partial charge in [-0.1, -0.05) is 27.7 Å². The minimum Gasteiger partial charge on any atom is -0.316 e. The van der Waals surface area contributed by atoms with Crippen LogP contribution in [0.2, 0.25) is 0 Å². The third-order valence-electron chi connectivity index (χ3n) is 5.71. The lowest BCUT2D eigenvalue weighted by Crippen LogP contribution is -2.33. The summed E-state index contributed by atoms with van der Waals surface area (Å²) in [6, 6.07) is 0. The van der Waals surface area contributed by atoms with Crippen LogP contribution in [0.3, 0.4) is 0 Å². The van der Waals surface area contributed by atoms with E-state index in [0.717, 1.165) is 11.8 Å². The standard InChI is InChI=1S/C17H33N/c1-5-17(10-11-17)13-18-12-14-6-8-15(9-7-14)16(2,3)4/h14-15,18H,5-13H2,1-4H3. The van der Waals surface area contributed by atoms with Gasteiger partial charge >= 0.3 is 0 Å². The minimum absolute atomic E-state index is 0.526. The summed E-state index contributed by atoms with van der Waals surface area (Å²) in [7, 11) is 0. The van der Waals surface area contributed by atoms with E-state index in [2.05, 4.69) is 33.0 Å². The molecule has 1 heteroatoms. The zero-order valence-corrected chi connectivity index (χ0v) is 13.0. The van der Waals surface area contributed by atoms with Gasteiger partial charge in [0.1, 0.15) is 0 Å². The highest BCUT2D eigenvalue weighted by Crippen LogP contribution is 2.48. The Kier molecular flexibility index (Phi) is 4.41. The Morgan fingerprint density at radius 2 is 1.67 bits per heavy atom. The maximum Gasteiger partial charge on any atom is 0.000783 e. The number of nitrogens with one attached hydrogen (secondary N) is 1. The second-order valence-corrected chi connectivity index (χ2v) is 8.07. The molecule has 0 unspecified atom stereocenters. The largest absolute Gasteiger partial charge is 0.316 e. The van der Waals surface area contributed by atoms with Gasteiger partial charge < -0.3 is 5.32 Å². The molecule has 0 aromatic rings. The normalized spacial score (nSPS) is 31.3. The van der Waals surface area contributed by atoms with Crippen molar-refractivity contribution in [3.63, 3.8) is 0 Å². The van der Waals surface area contributed by atoms with Crippen molar-refractivity contribution in [2.75, 3.05) is 13.1 Å². The molecule has 0 spiro atoms. The molecule has 0 bridgehead atoms. The molecule has 0 aromatic heterocycles. The van der Waals surface area contributed by atoms with Crippen molar-refractivity contribution in [3.8, 4) is 0 Å². The Balaban J connectivity index is 1.62. The molecule has 18 heavy (non-hydrogen) atoms. The number of hydrogen-bond acceptors (Lipinski definition) is 1. The quantitative estimate of drug-likeness (QED) is 0.752. The van der Waals surface area contributed by atoms with E-state index in [0.29, 0.717) is 10.8 Å². The Bertz CT molecular complexity index is 251. The number of hydrogen-bond donors (Lipinski definition) is 1. The molecule has 2 aliphatic rings. The molecule has 2 saturated carbocycles. The van der Waals surface area contributed by atoms with Gasteiger partial charge in [0.25, 0.3) is 0 Å². The first-order chi connectivity index (χ1) is 8.45. The zero-order chi connectivity index (χ0) is 13.2. The van der Waals surface area contributed by atoms with Gasteiger partial charge in [0.05, 0.1) is 0 Å². The van der Waals surface area contributed by atoms with E-state index in [1.54, 1.807) is 0 Å². The molecule has 1 nitrogen and oxygen atoms in total. The summed E-state index contributed by atoms with van der Waals surface area (Å²) >= 11 is 0. The molecule has 0 aromatic carbocycles. The van der Waals surface area contributed by atoms with Gasteiger partial charge in [0, 0.05) is 6.54 Å². The van der Waals surface area contributed by atoms with Gasteiger partial charge in [-0.25, -0.2) is 0 Å². The fourth-order valence-electron chi connectivity index (χ4n) is 3.61. The van der Waals surface area contributed by atoms with Crippen molar-refractivity contribution < 1.29 is 0 Å². The molecule has 0 amide bonds. The van der Waals surface area contributed by atoms with Crippen molar-refractivity contribution in [2.24, 2.45) is 22.7 Å².